The second kappa shape index (κ2) is 7.73. The van der Waals surface area contributed by atoms with E-state index in [1.807, 2.05) is 4.90 Å². The molecular weight excluding hydrogens is 408 g/mol. The van der Waals surface area contributed by atoms with Gasteiger partial charge in [0.15, 0.2) is 17.1 Å². The zero-order valence-electron chi connectivity index (χ0n) is 16.3. The van der Waals surface area contributed by atoms with E-state index in [1.54, 1.807) is 18.2 Å². The number of piperidine rings is 1. The third-order valence-electron chi connectivity index (χ3n) is 6.17. The number of nitrogens with one attached hydrogen (secondary N) is 1. The Morgan fingerprint density at radius 3 is 2.67 bits per heavy atom. The summed E-state index contributed by atoms with van der Waals surface area (Å²) >= 11 is 0. The van der Waals surface area contributed by atoms with Crippen molar-refractivity contribution in [2.45, 2.75) is 19.3 Å². The van der Waals surface area contributed by atoms with Crippen molar-refractivity contribution in [1.82, 2.24) is 24.6 Å². The zero-order valence-corrected chi connectivity index (χ0v) is 17.2. The van der Waals surface area contributed by atoms with E-state index in [4.69, 9.17) is 10.2 Å². The Labute approximate surface area is 179 Å². The van der Waals surface area contributed by atoms with E-state index in [1.165, 1.54) is 23.4 Å². The molecule has 3 aromatic heterocycles. The molecule has 2 fully saturated rings. The Morgan fingerprint density at radius 2 is 2.03 bits per heavy atom. The molecule has 2 amide bonds. The van der Waals surface area contributed by atoms with Crippen LogP contribution in [0.2, 0.25) is 0 Å². The lowest BCUT2D eigenvalue weighted by Crippen LogP contribution is -2.44. The topological polar surface area (TPSA) is 119 Å². The quantitative estimate of drug-likeness (QED) is 0.653. The van der Waals surface area contributed by atoms with E-state index >= 15 is 0 Å². The van der Waals surface area contributed by atoms with Gasteiger partial charge < -0.3 is 20.4 Å². The summed E-state index contributed by atoms with van der Waals surface area (Å²) in [5.41, 5.74) is 6.90. The van der Waals surface area contributed by atoms with Crippen LogP contribution in [0.4, 0.5) is 0 Å². The highest BCUT2D eigenvalue weighted by molar-refractivity contribution is 5.99. The fourth-order valence-electron chi connectivity index (χ4n) is 4.43. The van der Waals surface area contributed by atoms with Crippen molar-refractivity contribution in [2.75, 3.05) is 26.2 Å². The van der Waals surface area contributed by atoms with Gasteiger partial charge in [0, 0.05) is 19.6 Å². The summed E-state index contributed by atoms with van der Waals surface area (Å²) in [6.45, 7) is 3.49. The molecule has 10 heteroatoms. The van der Waals surface area contributed by atoms with E-state index in [9.17, 15) is 9.59 Å². The average Bonchev–Trinajstić information content (AvgIpc) is 3.48. The van der Waals surface area contributed by atoms with Crippen LogP contribution in [0.1, 0.15) is 40.2 Å². The molecule has 158 valence electrons. The first-order chi connectivity index (χ1) is 14.1. The number of halogens is 1. The van der Waals surface area contributed by atoms with Crippen LogP contribution >= 0.6 is 12.4 Å². The molecule has 1 spiro atoms. The monoisotopic (exact) mass is 430 g/mol. The van der Waals surface area contributed by atoms with Crippen molar-refractivity contribution in [1.29, 1.82) is 0 Å². The number of amides is 2. The lowest BCUT2D eigenvalue weighted by Gasteiger charge is -2.38. The van der Waals surface area contributed by atoms with Crippen molar-refractivity contribution < 1.29 is 14.0 Å². The molecule has 0 saturated carbocycles. The van der Waals surface area contributed by atoms with Gasteiger partial charge in [0.25, 0.3) is 11.8 Å². The lowest BCUT2D eigenvalue weighted by molar-refractivity contribution is 0.0600. The molecule has 5 rings (SSSR count). The summed E-state index contributed by atoms with van der Waals surface area (Å²) in [6, 6.07) is 5.18. The third kappa shape index (κ3) is 3.33. The second-order valence-corrected chi connectivity index (χ2v) is 7.87. The van der Waals surface area contributed by atoms with Crippen LogP contribution in [-0.4, -0.2) is 57.3 Å². The molecule has 0 aromatic carbocycles. The van der Waals surface area contributed by atoms with Crippen LogP contribution in [0.3, 0.4) is 0 Å². The number of primary amides is 1. The smallest absolute Gasteiger partial charge is 0.271 e. The molecule has 2 aliphatic heterocycles. The van der Waals surface area contributed by atoms with Crippen LogP contribution in [0.25, 0.3) is 17.1 Å². The Balaban J connectivity index is 0.00000218. The zero-order chi connectivity index (χ0) is 20.0. The highest BCUT2D eigenvalue weighted by atomic mass is 35.5. The van der Waals surface area contributed by atoms with Gasteiger partial charge in [0.1, 0.15) is 17.7 Å². The van der Waals surface area contributed by atoms with Gasteiger partial charge in [0.05, 0.1) is 6.26 Å². The van der Waals surface area contributed by atoms with Crippen molar-refractivity contribution >= 4 is 29.9 Å². The van der Waals surface area contributed by atoms with Gasteiger partial charge >= 0.3 is 0 Å². The van der Waals surface area contributed by atoms with Crippen LogP contribution in [0.15, 0.2) is 35.2 Å². The van der Waals surface area contributed by atoms with Gasteiger partial charge in [0.2, 0.25) is 0 Å². The first-order valence-electron chi connectivity index (χ1n) is 9.78. The van der Waals surface area contributed by atoms with Crippen molar-refractivity contribution in [3.63, 3.8) is 0 Å². The number of likely N-dealkylation sites (tertiary alicyclic amines) is 1. The molecule has 0 unspecified atom stereocenters. The maximum Gasteiger partial charge on any atom is 0.271 e. The predicted molar refractivity (Wildman–Crippen MR) is 112 cm³/mol. The highest BCUT2D eigenvalue weighted by Gasteiger charge is 2.38. The summed E-state index contributed by atoms with van der Waals surface area (Å²) in [6.07, 6.45) is 6.10. The lowest BCUT2D eigenvalue weighted by atomic mass is 9.78. The largest absolute Gasteiger partial charge is 0.463 e. The van der Waals surface area contributed by atoms with Crippen LogP contribution in [0, 0.1) is 5.41 Å². The third-order valence-corrected chi connectivity index (χ3v) is 6.17. The normalized spacial score (nSPS) is 17.9. The molecule has 2 aliphatic rings. The second-order valence-electron chi connectivity index (χ2n) is 7.87. The van der Waals surface area contributed by atoms with Crippen LogP contribution in [-0.2, 0) is 0 Å². The molecule has 2 saturated heterocycles. The number of carbonyl (C=O) groups excluding carboxylic acids is 2. The number of carbonyl (C=O) groups is 2. The molecule has 0 radical (unpaired) electrons. The summed E-state index contributed by atoms with van der Waals surface area (Å²) in [5, 5.41) is 3.44. The summed E-state index contributed by atoms with van der Waals surface area (Å²) in [4.78, 5) is 35.6. The van der Waals surface area contributed by atoms with Crippen molar-refractivity contribution in [3.8, 4) is 11.5 Å². The Bertz CT molecular complexity index is 1080. The van der Waals surface area contributed by atoms with Gasteiger partial charge in [-0.2, -0.15) is 0 Å². The van der Waals surface area contributed by atoms with Gasteiger partial charge in [-0.25, -0.2) is 9.97 Å². The van der Waals surface area contributed by atoms with E-state index < -0.39 is 5.91 Å². The van der Waals surface area contributed by atoms with Gasteiger partial charge in [-0.15, -0.1) is 12.4 Å². The number of hydrogen-bond acceptors (Lipinski definition) is 6. The molecule has 3 aromatic rings. The minimum Gasteiger partial charge on any atom is -0.463 e. The van der Waals surface area contributed by atoms with Crippen LogP contribution in [0.5, 0.6) is 0 Å². The van der Waals surface area contributed by atoms with Crippen LogP contribution < -0.4 is 11.1 Å². The fourth-order valence-corrected chi connectivity index (χ4v) is 4.43. The number of rotatable bonds is 3. The predicted octanol–water partition coefficient (Wildman–Crippen LogP) is 1.73. The maximum atomic E-state index is 13.4. The number of hydrogen-bond donors (Lipinski definition) is 2. The van der Waals surface area contributed by atoms with Gasteiger partial charge in [-0.1, -0.05) is 0 Å². The summed E-state index contributed by atoms with van der Waals surface area (Å²) in [7, 11) is 0. The molecular formula is C20H23ClN6O3. The first-order valence-corrected chi connectivity index (χ1v) is 9.78. The number of fused-ring (bicyclic) bond motifs is 1. The Hall–Kier alpha value is -2.91. The SMILES string of the molecule is Cl.NC(=O)c1ncn2c(C(=O)N3CCC4(CCNC4)CC3)cc(-c3ccco3)nc12. The summed E-state index contributed by atoms with van der Waals surface area (Å²) < 4.78 is 6.99. The molecule has 0 bridgehead atoms. The average molecular weight is 431 g/mol. The number of aromatic nitrogens is 3. The number of imidazole rings is 1. The van der Waals surface area contributed by atoms with Gasteiger partial charge in [-0.3, -0.25) is 14.0 Å². The first kappa shape index (κ1) is 20.4. The number of furan rings is 1. The molecule has 5 heterocycles. The standard InChI is InChI=1S/C20H22N6O3.ClH/c21-17(27)16-18-24-13(15-2-1-9-29-15)10-14(26(18)12-23-16)19(28)25-7-4-20(5-8-25)3-6-22-11-20;/h1-2,9-10,12,22H,3-8,11H2,(H2,21,27);1H. The number of nitrogens with zero attached hydrogens (tertiary/aromatic N) is 4. The molecule has 0 aliphatic carbocycles. The minimum absolute atomic E-state index is 0. The van der Waals surface area contributed by atoms with Gasteiger partial charge in [-0.05, 0) is 49.4 Å². The van der Waals surface area contributed by atoms with E-state index in [0.29, 0.717) is 35.7 Å². The van der Waals surface area contributed by atoms with E-state index in [2.05, 4.69) is 15.3 Å². The Morgan fingerprint density at radius 1 is 1.23 bits per heavy atom. The highest BCUT2D eigenvalue weighted by Crippen LogP contribution is 2.37. The van der Waals surface area contributed by atoms with E-state index in [0.717, 1.165) is 25.9 Å². The maximum absolute atomic E-state index is 13.4. The Kier molecular flexibility index (Phi) is 5.25. The number of nitrogens with two attached hydrogens (primary N) is 1. The van der Waals surface area contributed by atoms with Crippen molar-refractivity contribution in [2.24, 2.45) is 11.1 Å². The van der Waals surface area contributed by atoms with E-state index in [-0.39, 0.29) is 29.7 Å². The molecule has 0 atom stereocenters. The fraction of sp³-hybridized carbons (Fsp3) is 0.400. The summed E-state index contributed by atoms with van der Waals surface area (Å²) in [5.74, 6) is -0.295. The minimum atomic E-state index is -0.691. The van der Waals surface area contributed by atoms with Crippen molar-refractivity contribution in [3.05, 3.63) is 42.2 Å². The molecule has 30 heavy (non-hydrogen) atoms. The molecule has 9 nitrogen and oxygen atoms in total. The molecule has 3 N–H and O–H groups in total.